The molecule has 18 heavy (non-hydrogen) atoms. The predicted molar refractivity (Wildman–Crippen MR) is 70.9 cm³/mol. The summed E-state index contributed by atoms with van der Waals surface area (Å²) in [6, 6.07) is -0.0460. The lowest BCUT2D eigenvalue weighted by atomic mass is 9.84. The highest BCUT2D eigenvalue weighted by molar-refractivity contribution is 5.86. The highest BCUT2D eigenvalue weighted by Crippen LogP contribution is 2.24. The van der Waals surface area contributed by atoms with Gasteiger partial charge in [0.05, 0.1) is 12.5 Å². The Morgan fingerprint density at radius 2 is 2.00 bits per heavy atom. The Morgan fingerprint density at radius 1 is 1.33 bits per heavy atom. The van der Waals surface area contributed by atoms with Crippen LogP contribution >= 0.6 is 0 Å². The van der Waals surface area contributed by atoms with E-state index in [1.807, 2.05) is 6.92 Å². The number of nitrogens with zero attached hydrogens (tertiary/aromatic N) is 1. The molecular weight excluding hydrogens is 230 g/mol. The third-order valence-electron chi connectivity index (χ3n) is 3.56. The van der Waals surface area contributed by atoms with E-state index in [1.165, 1.54) is 0 Å². The summed E-state index contributed by atoms with van der Waals surface area (Å²) in [5.74, 6) is -0.177. The summed E-state index contributed by atoms with van der Waals surface area (Å²) in [6.45, 7) is 2.77. The van der Waals surface area contributed by atoms with Crippen molar-refractivity contribution in [3.63, 3.8) is 0 Å². The van der Waals surface area contributed by atoms with Crippen LogP contribution in [-0.2, 0) is 9.59 Å². The van der Waals surface area contributed by atoms with Crippen LogP contribution in [0, 0.1) is 5.92 Å². The minimum Gasteiger partial charge on any atom is -0.358 e. The summed E-state index contributed by atoms with van der Waals surface area (Å²) in [5.41, 5.74) is 6.03. The molecule has 0 aliphatic heterocycles. The molecule has 2 unspecified atom stereocenters. The maximum absolute atomic E-state index is 12.4. The molecular formula is C13H25N3O2. The molecule has 0 bridgehead atoms. The minimum absolute atomic E-state index is 0.0460. The summed E-state index contributed by atoms with van der Waals surface area (Å²) < 4.78 is 0. The molecule has 5 nitrogen and oxygen atoms in total. The minimum atomic E-state index is -0.124. The molecule has 5 heteroatoms. The normalized spacial score (nSPS) is 23.5. The first-order chi connectivity index (χ1) is 8.60. The van der Waals surface area contributed by atoms with Crippen LogP contribution in [0.4, 0.5) is 0 Å². The van der Waals surface area contributed by atoms with Crippen LogP contribution in [0.1, 0.15) is 39.0 Å². The summed E-state index contributed by atoms with van der Waals surface area (Å²) in [6.07, 6.45) is 4.78. The van der Waals surface area contributed by atoms with Crippen LogP contribution in [0.2, 0.25) is 0 Å². The van der Waals surface area contributed by atoms with E-state index in [0.717, 1.165) is 32.1 Å². The largest absolute Gasteiger partial charge is 0.358 e. The van der Waals surface area contributed by atoms with E-state index in [2.05, 4.69) is 5.32 Å². The molecule has 0 saturated heterocycles. The van der Waals surface area contributed by atoms with E-state index in [4.69, 9.17) is 5.73 Å². The molecule has 1 saturated carbocycles. The molecule has 104 valence electrons. The van der Waals surface area contributed by atoms with Crippen molar-refractivity contribution in [1.82, 2.24) is 10.2 Å². The van der Waals surface area contributed by atoms with E-state index < -0.39 is 0 Å². The van der Waals surface area contributed by atoms with Gasteiger partial charge in [-0.3, -0.25) is 9.59 Å². The van der Waals surface area contributed by atoms with Gasteiger partial charge in [0, 0.05) is 19.6 Å². The topological polar surface area (TPSA) is 75.4 Å². The molecule has 1 rings (SSSR count). The van der Waals surface area contributed by atoms with Gasteiger partial charge in [0.2, 0.25) is 11.8 Å². The zero-order valence-corrected chi connectivity index (χ0v) is 11.4. The summed E-state index contributed by atoms with van der Waals surface area (Å²) in [5, 5.41) is 2.56. The van der Waals surface area contributed by atoms with Gasteiger partial charge in [-0.1, -0.05) is 19.8 Å². The Labute approximate surface area is 109 Å². The fourth-order valence-corrected chi connectivity index (χ4v) is 2.49. The molecule has 1 fully saturated rings. The molecule has 1 aliphatic rings. The first-order valence-electron chi connectivity index (χ1n) is 6.85. The number of nitrogens with two attached hydrogens (primary N) is 1. The zero-order chi connectivity index (χ0) is 13.5. The number of likely N-dealkylation sites (N-methyl/N-ethyl adjacent to an activating group) is 1. The molecule has 3 N–H and O–H groups in total. The van der Waals surface area contributed by atoms with Crippen LogP contribution in [0.3, 0.4) is 0 Å². The van der Waals surface area contributed by atoms with Crippen molar-refractivity contribution in [1.29, 1.82) is 0 Å². The average Bonchev–Trinajstić information content (AvgIpc) is 2.38. The molecule has 1 aliphatic carbocycles. The number of amides is 2. The smallest absolute Gasteiger partial charge is 0.239 e. The van der Waals surface area contributed by atoms with Crippen LogP contribution in [0.15, 0.2) is 0 Å². The second-order valence-corrected chi connectivity index (χ2v) is 4.99. The number of carbonyl (C=O) groups is 2. The third kappa shape index (κ3) is 3.98. The van der Waals surface area contributed by atoms with Crippen LogP contribution in [0.25, 0.3) is 0 Å². The second kappa shape index (κ2) is 7.36. The molecule has 0 spiro atoms. The van der Waals surface area contributed by atoms with E-state index in [-0.39, 0.29) is 30.3 Å². The quantitative estimate of drug-likeness (QED) is 0.750. The summed E-state index contributed by atoms with van der Waals surface area (Å²) in [4.78, 5) is 25.5. The SMILES string of the molecule is CCCN(CC(=O)NC)C(=O)C1CCCCC1N. The van der Waals surface area contributed by atoms with Crippen molar-refractivity contribution in [2.24, 2.45) is 11.7 Å². The summed E-state index contributed by atoms with van der Waals surface area (Å²) in [7, 11) is 1.59. The first-order valence-corrected chi connectivity index (χ1v) is 6.85. The molecule has 0 aromatic carbocycles. The summed E-state index contributed by atoms with van der Waals surface area (Å²) >= 11 is 0. The molecule has 2 atom stereocenters. The van der Waals surface area contributed by atoms with Gasteiger partial charge in [-0.15, -0.1) is 0 Å². The Bertz CT molecular complexity index is 294. The Hall–Kier alpha value is -1.10. The van der Waals surface area contributed by atoms with Crippen molar-refractivity contribution in [2.45, 2.75) is 45.1 Å². The van der Waals surface area contributed by atoms with E-state index >= 15 is 0 Å². The number of nitrogens with one attached hydrogen (secondary N) is 1. The first kappa shape index (κ1) is 15.0. The highest BCUT2D eigenvalue weighted by atomic mass is 16.2. The van der Waals surface area contributed by atoms with Crippen molar-refractivity contribution in [2.75, 3.05) is 20.1 Å². The van der Waals surface area contributed by atoms with Gasteiger partial charge in [-0.25, -0.2) is 0 Å². The van der Waals surface area contributed by atoms with Gasteiger partial charge >= 0.3 is 0 Å². The molecule has 2 amide bonds. The third-order valence-corrected chi connectivity index (χ3v) is 3.56. The highest BCUT2D eigenvalue weighted by Gasteiger charge is 2.31. The number of rotatable bonds is 5. The maximum atomic E-state index is 12.4. The van der Waals surface area contributed by atoms with Gasteiger partial charge < -0.3 is 16.0 Å². The predicted octanol–water partition coefficient (Wildman–Crippen LogP) is 0.489. The Balaban J connectivity index is 2.65. The van der Waals surface area contributed by atoms with Gasteiger partial charge in [0.1, 0.15) is 0 Å². The Kier molecular flexibility index (Phi) is 6.12. The average molecular weight is 255 g/mol. The number of carbonyl (C=O) groups excluding carboxylic acids is 2. The monoisotopic (exact) mass is 255 g/mol. The lowest BCUT2D eigenvalue weighted by Gasteiger charge is -2.32. The fourth-order valence-electron chi connectivity index (χ4n) is 2.49. The van der Waals surface area contributed by atoms with Gasteiger partial charge in [-0.05, 0) is 19.3 Å². The molecule has 0 heterocycles. The van der Waals surface area contributed by atoms with Crippen molar-refractivity contribution in [3.8, 4) is 0 Å². The second-order valence-electron chi connectivity index (χ2n) is 4.99. The molecule has 0 aromatic rings. The van der Waals surface area contributed by atoms with E-state index in [9.17, 15) is 9.59 Å². The lowest BCUT2D eigenvalue weighted by molar-refractivity contribution is -0.140. The van der Waals surface area contributed by atoms with Gasteiger partial charge in [-0.2, -0.15) is 0 Å². The number of hydrogen-bond donors (Lipinski definition) is 2. The van der Waals surface area contributed by atoms with E-state index in [0.29, 0.717) is 6.54 Å². The van der Waals surface area contributed by atoms with Crippen molar-refractivity contribution in [3.05, 3.63) is 0 Å². The lowest BCUT2D eigenvalue weighted by Crippen LogP contribution is -2.48. The standard InChI is InChI=1S/C13H25N3O2/c1-3-8-16(9-12(17)15-2)13(18)10-6-4-5-7-11(10)14/h10-11H,3-9,14H2,1-2H3,(H,15,17). The molecule has 0 radical (unpaired) electrons. The van der Waals surface area contributed by atoms with Crippen molar-refractivity contribution < 1.29 is 9.59 Å². The van der Waals surface area contributed by atoms with Crippen LogP contribution < -0.4 is 11.1 Å². The van der Waals surface area contributed by atoms with Gasteiger partial charge in [0.15, 0.2) is 0 Å². The maximum Gasteiger partial charge on any atom is 0.239 e. The fraction of sp³-hybridized carbons (Fsp3) is 0.846. The number of hydrogen-bond acceptors (Lipinski definition) is 3. The van der Waals surface area contributed by atoms with E-state index in [1.54, 1.807) is 11.9 Å². The Morgan fingerprint density at radius 3 is 2.56 bits per heavy atom. The van der Waals surface area contributed by atoms with Gasteiger partial charge in [0.25, 0.3) is 0 Å². The van der Waals surface area contributed by atoms with Crippen LogP contribution in [-0.4, -0.2) is 42.9 Å². The van der Waals surface area contributed by atoms with Crippen LogP contribution in [0.5, 0.6) is 0 Å². The molecule has 0 aromatic heterocycles. The van der Waals surface area contributed by atoms with Crippen molar-refractivity contribution >= 4 is 11.8 Å². The zero-order valence-electron chi connectivity index (χ0n) is 11.4.